The van der Waals surface area contributed by atoms with Crippen molar-refractivity contribution in [2.75, 3.05) is 19.8 Å². The van der Waals surface area contributed by atoms with Crippen LogP contribution in [-0.2, 0) is 13.1 Å². The van der Waals surface area contributed by atoms with Crippen LogP contribution in [0.1, 0.15) is 16.7 Å². The minimum Gasteiger partial charge on any atom is -0.285 e. The van der Waals surface area contributed by atoms with Crippen LogP contribution in [0.25, 0.3) is 0 Å². The van der Waals surface area contributed by atoms with Crippen molar-refractivity contribution in [2.24, 2.45) is 0 Å². The number of halogens is 1. The Morgan fingerprint density at radius 3 is 1.81 bits per heavy atom. The van der Waals surface area contributed by atoms with Crippen molar-refractivity contribution < 1.29 is 0 Å². The van der Waals surface area contributed by atoms with Gasteiger partial charge in [0.25, 0.3) is 0 Å². The molecule has 0 atom stereocenters. The molecule has 1 aliphatic rings. The summed E-state index contributed by atoms with van der Waals surface area (Å²) in [5.74, 6) is 0. The van der Waals surface area contributed by atoms with Gasteiger partial charge in [0.05, 0.1) is 6.67 Å². The molecule has 0 amide bonds. The van der Waals surface area contributed by atoms with E-state index in [0.717, 1.165) is 37.9 Å². The van der Waals surface area contributed by atoms with Gasteiger partial charge in [-0.1, -0.05) is 53.6 Å². The number of rotatable bonds is 4. The lowest BCUT2D eigenvalue weighted by Crippen LogP contribution is -2.24. The fraction of sp³-hybridized carbons (Fsp3) is 0.333. The van der Waals surface area contributed by atoms with Gasteiger partial charge >= 0.3 is 0 Å². The normalized spacial score (nSPS) is 16.5. The zero-order valence-electron chi connectivity index (χ0n) is 12.4. The first-order chi connectivity index (χ1) is 10.2. The lowest BCUT2D eigenvalue weighted by Gasteiger charge is -2.18. The Bertz CT molecular complexity index is 524. The first-order valence-electron chi connectivity index (χ1n) is 7.44. The topological polar surface area (TPSA) is 6.48 Å². The molecule has 21 heavy (non-hydrogen) atoms. The third kappa shape index (κ3) is 4.07. The summed E-state index contributed by atoms with van der Waals surface area (Å²) in [7, 11) is 0. The second-order valence-corrected chi connectivity index (χ2v) is 6.30. The first kappa shape index (κ1) is 14.6. The largest absolute Gasteiger partial charge is 0.285 e. The summed E-state index contributed by atoms with van der Waals surface area (Å²) in [5, 5.41) is 0.807. The Kier molecular flexibility index (Phi) is 4.59. The van der Waals surface area contributed by atoms with Crippen molar-refractivity contribution in [1.29, 1.82) is 0 Å². The van der Waals surface area contributed by atoms with E-state index in [2.05, 4.69) is 53.1 Å². The predicted molar refractivity (Wildman–Crippen MR) is 88.3 cm³/mol. The fourth-order valence-corrected chi connectivity index (χ4v) is 2.89. The third-order valence-corrected chi connectivity index (χ3v) is 4.23. The van der Waals surface area contributed by atoms with Crippen molar-refractivity contribution >= 4 is 11.6 Å². The van der Waals surface area contributed by atoms with Gasteiger partial charge in [-0.05, 0) is 30.2 Å². The summed E-state index contributed by atoms with van der Waals surface area (Å²) in [4.78, 5) is 4.98. The third-order valence-electron chi connectivity index (χ3n) is 3.98. The van der Waals surface area contributed by atoms with Crippen LogP contribution in [0.15, 0.2) is 48.5 Å². The van der Waals surface area contributed by atoms with E-state index in [4.69, 9.17) is 11.6 Å². The number of nitrogens with zero attached hydrogens (tertiary/aromatic N) is 2. The number of aryl methyl sites for hydroxylation is 1. The molecule has 0 spiro atoms. The van der Waals surface area contributed by atoms with E-state index in [1.54, 1.807) is 0 Å². The molecule has 1 heterocycles. The molecule has 1 aliphatic heterocycles. The molecule has 0 bridgehead atoms. The van der Waals surface area contributed by atoms with Gasteiger partial charge in [-0.15, -0.1) is 0 Å². The maximum Gasteiger partial charge on any atom is 0.0513 e. The molecule has 2 nitrogen and oxygen atoms in total. The van der Waals surface area contributed by atoms with E-state index < -0.39 is 0 Å². The highest BCUT2D eigenvalue weighted by Gasteiger charge is 2.19. The zero-order valence-corrected chi connectivity index (χ0v) is 13.2. The molecule has 2 aromatic carbocycles. The van der Waals surface area contributed by atoms with Crippen LogP contribution >= 0.6 is 11.6 Å². The standard InChI is InChI=1S/C18H21ClN2/c1-15-2-4-16(5-3-15)12-20-10-11-21(14-20)13-17-6-8-18(19)9-7-17/h2-9H,10-14H2,1H3. The monoisotopic (exact) mass is 300 g/mol. The van der Waals surface area contributed by atoms with Crippen molar-refractivity contribution in [3.05, 3.63) is 70.2 Å². The van der Waals surface area contributed by atoms with Crippen LogP contribution in [0.3, 0.4) is 0 Å². The Morgan fingerprint density at radius 1 is 0.810 bits per heavy atom. The average molecular weight is 301 g/mol. The molecule has 3 rings (SSSR count). The second-order valence-electron chi connectivity index (χ2n) is 5.86. The maximum absolute atomic E-state index is 5.93. The number of hydrogen-bond donors (Lipinski definition) is 0. The Hall–Kier alpha value is -1.35. The molecule has 110 valence electrons. The highest BCUT2D eigenvalue weighted by molar-refractivity contribution is 6.30. The van der Waals surface area contributed by atoms with Crippen molar-refractivity contribution in [2.45, 2.75) is 20.0 Å². The summed E-state index contributed by atoms with van der Waals surface area (Å²) in [6, 6.07) is 17.0. The highest BCUT2D eigenvalue weighted by Crippen LogP contribution is 2.16. The Balaban J connectivity index is 1.53. The van der Waals surface area contributed by atoms with E-state index in [-0.39, 0.29) is 0 Å². The lowest BCUT2D eigenvalue weighted by atomic mass is 10.1. The van der Waals surface area contributed by atoms with Crippen molar-refractivity contribution in [3.8, 4) is 0 Å². The molecule has 3 heteroatoms. The minimum absolute atomic E-state index is 0.807. The Morgan fingerprint density at radius 2 is 1.29 bits per heavy atom. The second kappa shape index (κ2) is 6.61. The Labute approximate surface area is 131 Å². The maximum atomic E-state index is 5.93. The summed E-state index contributed by atoms with van der Waals surface area (Å²) < 4.78 is 0. The van der Waals surface area contributed by atoms with Gasteiger partial charge in [0.15, 0.2) is 0 Å². The van der Waals surface area contributed by atoms with Crippen LogP contribution in [0, 0.1) is 6.92 Å². The summed E-state index contributed by atoms with van der Waals surface area (Å²) in [6.45, 7) is 7.49. The van der Waals surface area contributed by atoms with Gasteiger partial charge < -0.3 is 0 Å². The van der Waals surface area contributed by atoms with Crippen LogP contribution in [-0.4, -0.2) is 29.6 Å². The molecule has 1 saturated heterocycles. The van der Waals surface area contributed by atoms with Crippen molar-refractivity contribution in [3.63, 3.8) is 0 Å². The molecule has 0 saturated carbocycles. The van der Waals surface area contributed by atoms with Crippen molar-refractivity contribution in [1.82, 2.24) is 9.80 Å². The molecule has 1 fully saturated rings. The lowest BCUT2D eigenvalue weighted by molar-refractivity contribution is 0.235. The van der Waals surface area contributed by atoms with Gasteiger partial charge in [0.1, 0.15) is 0 Å². The fourth-order valence-electron chi connectivity index (χ4n) is 2.76. The number of hydrogen-bond acceptors (Lipinski definition) is 2. The van der Waals surface area contributed by atoms with Gasteiger partial charge in [-0.25, -0.2) is 0 Å². The molecule has 0 aliphatic carbocycles. The zero-order chi connectivity index (χ0) is 14.7. The smallest absolute Gasteiger partial charge is 0.0513 e. The molecular formula is C18H21ClN2. The van der Waals surface area contributed by atoms with E-state index in [9.17, 15) is 0 Å². The highest BCUT2D eigenvalue weighted by atomic mass is 35.5. The summed E-state index contributed by atoms with van der Waals surface area (Å²) in [6.07, 6.45) is 0. The van der Waals surface area contributed by atoms with E-state index in [1.165, 1.54) is 16.7 Å². The molecule has 0 unspecified atom stereocenters. The SMILES string of the molecule is Cc1ccc(CN2CCN(Cc3ccc(Cl)cc3)C2)cc1. The van der Waals surface area contributed by atoms with Gasteiger partial charge in [0, 0.05) is 31.2 Å². The summed E-state index contributed by atoms with van der Waals surface area (Å²) in [5.41, 5.74) is 4.05. The van der Waals surface area contributed by atoms with Crippen LogP contribution in [0.4, 0.5) is 0 Å². The predicted octanol–water partition coefficient (Wildman–Crippen LogP) is 3.92. The summed E-state index contributed by atoms with van der Waals surface area (Å²) >= 11 is 5.93. The van der Waals surface area contributed by atoms with Crippen LogP contribution < -0.4 is 0 Å². The van der Waals surface area contributed by atoms with E-state index in [1.807, 2.05) is 12.1 Å². The minimum atomic E-state index is 0.807. The quantitative estimate of drug-likeness (QED) is 0.844. The van der Waals surface area contributed by atoms with Gasteiger partial charge in [-0.3, -0.25) is 9.80 Å². The molecule has 0 aromatic heterocycles. The van der Waals surface area contributed by atoms with Crippen LogP contribution in [0.2, 0.25) is 5.02 Å². The molecule has 2 aromatic rings. The molecular weight excluding hydrogens is 280 g/mol. The molecule has 0 N–H and O–H groups in total. The van der Waals surface area contributed by atoms with Gasteiger partial charge in [-0.2, -0.15) is 0 Å². The molecule has 0 radical (unpaired) electrons. The van der Waals surface area contributed by atoms with Gasteiger partial charge in [0.2, 0.25) is 0 Å². The average Bonchev–Trinajstić information content (AvgIpc) is 2.91. The number of benzene rings is 2. The van der Waals surface area contributed by atoms with E-state index in [0.29, 0.717) is 0 Å². The first-order valence-corrected chi connectivity index (χ1v) is 7.81. The van der Waals surface area contributed by atoms with E-state index >= 15 is 0 Å². The van der Waals surface area contributed by atoms with Crippen LogP contribution in [0.5, 0.6) is 0 Å².